The summed E-state index contributed by atoms with van der Waals surface area (Å²) in [7, 11) is 0. The lowest BCUT2D eigenvalue weighted by Gasteiger charge is -2.17. The predicted molar refractivity (Wildman–Crippen MR) is 136 cm³/mol. The maximum atomic E-state index is 12.4. The molecule has 0 bridgehead atoms. The van der Waals surface area contributed by atoms with Crippen molar-refractivity contribution in [2.75, 3.05) is 6.61 Å². The number of carbonyl (C=O) groups excluding carboxylic acids is 1. The number of hydrogen-bond donors (Lipinski definition) is 1. The van der Waals surface area contributed by atoms with Gasteiger partial charge in [0.15, 0.2) is 5.82 Å². The van der Waals surface area contributed by atoms with E-state index in [0.29, 0.717) is 24.5 Å². The van der Waals surface area contributed by atoms with E-state index in [0.717, 1.165) is 44.6 Å². The molecule has 6 nitrogen and oxygen atoms in total. The van der Waals surface area contributed by atoms with Crippen LogP contribution < -0.4 is 10.5 Å². The minimum absolute atomic E-state index is 0.124. The Bertz CT molecular complexity index is 1370. The van der Waals surface area contributed by atoms with Crippen molar-refractivity contribution in [3.05, 3.63) is 71.0 Å². The van der Waals surface area contributed by atoms with Crippen LogP contribution in [0, 0.1) is 0 Å². The number of fused-ring (bicyclic) bond motifs is 3. The van der Waals surface area contributed by atoms with Crippen LogP contribution in [0.25, 0.3) is 26.8 Å². The maximum absolute atomic E-state index is 12.4. The van der Waals surface area contributed by atoms with Gasteiger partial charge in [-0.15, -0.1) is 21.5 Å². The Morgan fingerprint density at radius 1 is 1.24 bits per heavy atom. The van der Waals surface area contributed by atoms with Gasteiger partial charge in [0.25, 0.3) is 0 Å². The molecule has 0 spiro atoms. The highest BCUT2D eigenvalue weighted by Crippen LogP contribution is 2.44. The summed E-state index contributed by atoms with van der Waals surface area (Å²) in [6.45, 7) is 4.31. The van der Waals surface area contributed by atoms with Crippen molar-refractivity contribution < 1.29 is 9.53 Å². The quantitative estimate of drug-likeness (QED) is 0.384. The van der Waals surface area contributed by atoms with E-state index in [1.807, 2.05) is 54.8 Å². The van der Waals surface area contributed by atoms with E-state index in [1.54, 1.807) is 17.7 Å². The lowest BCUT2D eigenvalue weighted by atomic mass is 9.95. The fraction of sp³-hybridized carbons (Fsp3) is 0.269. The average Bonchev–Trinajstić information content (AvgIpc) is 3.37. The van der Waals surface area contributed by atoms with E-state index in [2.05, 4.69) is 22.3 Å². The smallest absolute Gasteiger partial charge is 0.178 e. The van der Waals surface area contributed by atoms with E-state index >= 15 is 0 Å². The number of hydrogen-bond acceptors (Lipinski definition) is 6. The van der Waals surface area contributed by atoms with Gasteiger partial charge in [-0.25, -0.2) is 0 Å². The molecule has 0 fully saturated rings. The highest BCUT2D eigenvalue weighted by Gasteiger charge is 2.23. The number of aromatic nitrogens is 3. The minimum Gasteiger partial charge on any atom is -0.493 e. The number of ether oxygens (including phenoxy) is 1. The van der Waals surface area contributed by atoms with Gasteiger partial charge in [0.2, 0.25) is 0 Å². The molecule has 2 aromatic carbocycles. The Morgan fingerprint density at radius 3 is 2.85 bits per heavy atom. The summed E-state index contributed by atoms with van der Waals surface area (Å²) in [5.41, 5.74) is 9.52. The Kier molecular flexibility index (Phi) is 6.02. The van der Waals surface area contributed by atoms with E-state index in [9.17, 15) is 4.79 Å². The molecule has 3 heterocycles. The molecule has 0 unspecified atom stereocenters. The molecule has 0 atom stereocenters. The van der Waals surface area contributed by atoms with Crippen LogP contribution in [-0.4, -0.2) is 32.7 Å². The van der Waals surface area contributed by atoms with Crippen LogP contribution in [0.15, 0.2) is 54.9 Å². The number of Topliss-reactive ketones (excluding diaryl/α,β-unsaturated/α-hetero) is 1. The molecule has 0 aliphatic carbocycles. The Labute approximate surface area is 207 Å². The van der Waals surface area contributed by atoms with Crippen molar-refractivity contribution in [2.45, 2.75) is 38.6 Å². The minimum atomic E-state index is -0.508. The summed E-state index contributed by atoms with van der Waals surface area (Å²) in [5, 5.41) is 9.17. The highest BCUT2D eigenvalue weighted by molar-refractivity contribution is 7.19. The van der Waals surface area contributed by atoms with E-state index in [-0.39, 0.29) is 5.78 Å². The second-order valence-electron chi connectivity index (χ2n) is 9.25. The molecule has 0 radical (unpaired) electrons. The summed E-state index contributed by atoms with van der Waals surface area (Å²) in [4.78, 5) is 14.6. The van der Waals surface area contributed by atoms with Gasteiger partial charge in [0.05, 0.1) is 22.2 Å². The van der Waals surface area contributed by atoms with Crippen LogP contribution in [0.5, 0.6) is 5.75 Å². The molecule has 0 saturated heterocycles. The molecule has 8 heteroatoms. The number of rotatable bonds is 6. The van der Waals surface area contributed by atoms with Crippen molar-refractivity contribution in [1.29, 1.82) is 0 Å². The fourth-order valence-electron chi connectivity index (χ4n) is 4.23. The first kappa shape index (κ1) is 22.8. The number of nitrogens with two attached hydrogens (primary N) is 1. The van der Waals surface area contributed by atoms with Crippen LogP contribution >= 0.6 is 22.9 Å². The third-order valence-electron chi connectivity index (χ3n) is 5.66. The van der Waals surface area contributed by atoms with Gasteiger partial charge in [-0.2, -0.15) is 0 Å². The number of benzene rings is 2. The number of thiophene rings is 1. The molecule has 2 N–H and O–H groups in total. The standard InChI is InChI=1S/C26H25ClN4O2S/c1-26(2,28)14-18(32)11-16-7-8-19-22(12-16)33-10-9-17-13-23(34-24(17)19)25-30-29-15-31(25)21-6-4-3-5-20(21)27/h3-8,12-13,15H,9-11,14,28H2,1-2H3. The number of ketones is 1. The molecule has 1 aliphatic rings. The first-order valence-corrected chi connectivity index (χ1v) is 12.3. The molecular weight excluding hydrogens is 468 g/mol. The van der Waals surface area contributed by atoms with Gasteiger partial charge >= 0.3 is 0 Å². The SMILES string of the molecule is CC(C)(N)CC(=O)Cc1ccc2c(c1)OCCc1cc(-c3nncn3-c3ccccc3Cl)sc1-2. The lowest BCUT2D eigenvalue weighted by molar-refractivity contribution is -0.119. The molecule has 174 valence electrons. The third kappa shape index (κ3) is 4.64. The summed E-state index contributed by atoms with van der Waals surface area (Å²) in [6.07, 6.45) is 3.16. The van der Waals surface area contributed by atoms with Crippen molar-refractivity contribution in [3.63, 3.8) is 0 Å². The first-order chi connectivity index (χ1) is 16.3. The summed E-state index contributed by atoms with van der Waals surface area (Å²) < 4.78 is 7.99. The number of para-hydroxylation sites is 1. The van der Waals surface area contributed by atoms with Gasteiger partial charge in [-0.3, -0.25) is 9.36 Å². The first-order valence-electron chi connectivity index (χ1n) is 11.1. The van der Waals surface area contributed by atoms with Gasteiger partial charge in [0.1, 0.15) is 17.9 Å². The van der Waals surface area contributed by atoms with Crippen LogP contribution in [-0.2, 0) is 17.6 Å². The Balaban J connectivity index is 1.48. The van der Waals surface area contributed by atoms with Gasteiger partial charge < -0.3 is 10.5 Å². The zero-order valence-corrected chi connectivity index (χ0v) is 20.6. The molecule has 0 amide bonds. The van der Waals surface area contributed by atoms with Crippen molar-refractivity contribution in [2.24, 2.45) is 5.73 Å². The van der Waals surface area contributed by atoms with Gasteiger partial charge in [-0.05, 0) is 55.3 Å². The van der Waals surface area contributed by atoms with Crippen LogP contribution in [0.4, 0.5) is 0 Å². The van der Waals surface area contributed by atoms with Crippen molar-refractivity contribution in [1.82, 2.24) is 14.8 Å². The zero-order chi connectivity index (χ0) is 23.9. The zero-order valence-electron chi connectivity index (χ0n) is 19.0. The number of carbonyl (C=O) groups is 1. The van der Waals surface area contributed by atoms with Crippen molar-refractivity contribution >= 4 is 28.7 Å². The predicted octanol–water partition coefficient (Wildman–Crippen LogP) is 5.49. The molecule has 5 rings (SSSR count). The second kappa shape index (κ2) is 8.98. The van der Waals surface area contributed by atoms with Gasteiger partial charge in [0, 0.05) is 35.2 Å². The molecule has 0 saturated carbocycles. The summed E-state index contributed by atoms with van der Waals surface area (Å²) in [6, 6.07) is 15.9. The monoisotopic (exact) mass is 492 g/mol. The summed E-state index contributed by atoms with van der Waals surface area (Å²) in [5.74, 6) is 1.68. The van der Waals surface area contributed by atoms with E-state index in [4.69, 9.17) is 22.1 Å². The molecule has 4 aromatic rings. The van der Waals surface area contributed by atoms with E-state index in [1.165, 1.54) is 5.56 Å². The highest BCUT2D eigenvalue weighted by atomic mass is 35.5. The average molecular weight is 493 g/mol. The third-order valence-corrected chi connectivity index (χ3v) is 7.19. The van der Waals surface area contributed by atoms with E-state index < -0.39 is 5.54 Å². The van der Waals surface area contributed by atoms with Crippen LogP contribution in [0.1, 0.15) is 31.4 Å². The molecule has 34 heavy (non-hydrogen) atoms. The van der Waals surface area contributed by atoms with Gasteiger partial charge in [-0.1, -0.05) is 29.8 Å². The fourth-order valence-corrected chi connectivity index (χ4v) is 5.68. The second-order valence-corrected chi connectivity index (χ2v) is 10.7. The molecular formula is C26H25ClN4O2S. The molecule has 1 aliphatic heterocycles. The Hall–Kier alpha value is -3.00. The normalized spacial score (nSPS) is 13.1. The van der Waals surface area contributed by atoms with Crippen molar-refractivity contribution in [3.8, 4) is 32.6 Å². The Morgan fingerprint density at radius 2 is 2.06 bits per heavy atom. The maximum Gasteiger partial charge on any atom is 0.178 e. The topological polar surface area (TPSA) is 83.0 Å². The number of halogens is 1. The number of nitrogens with zero attached hydrogens (tertiary/aromatic N) is 3. The largest absolute Gasteiger partial charge is 0.493 e. The van der Waals surface area contributed by atoms with Crippen LogP contribution in [0.2, 0.25) is 5.02 Å². The summed E-state index contributed by atoms with van der Waals surface area (Å²) >= 11 is 8.09. The lowest BCUT2D eigenvalue weighted by Crippen LogP contribution is -2.35. The van der Waals surface area contributed by atoms with Crippen LogP contribution in [0.3, 0.4) is 0 Å². The molecule has 2 aromatic heterocycles.